The van der Waals surface area contributed by atoms with Gasteiger partial charge in [-0.2, -0.15) is 10.2 Å². The SMILES string of the molecule is CCn1nc(C)cc1C(Cc1c(C)nn(C)c1Cl)NN. The van der Waals surface area contributed by atoms with Crippen molar-refractivity contribution in [3.8, 4) is 0 Å². The summed E-state index contributed by atoms with van der Waals surface area (Å²) >= 11 is 6.29. The minimum atomic E-state index is -0.0449. The largest absolute Gasteiger partial charge is 0.271 e. The molecule has 2 aromatic rings. The summed E-state index contributed by atoms with van der Waals surface area (Å²) in [6.07, 6.45) is 0.681. The van der Waals surface area contributed by atoms with E-state index in [-0.39, 0.29) is 6.04 Å². The number of hydrazine groups is 1. The van der Waals surface area contributed by atoms with Gasteiger partial charge in [0.2, 0.25) is 0 Å². The van der Waals surface area contributed by atoms with Crippen LogP contribution in [0.1, 0.15) is 35.6 Å². The molecule has 0 amide bonds. The van der Waals surface area contributed by atoms with Crippen LogP contribution in [0.2, 0.25) is 5.15 Å². The summed E-state index contributed by atoms with van der Waals surface area (Å²) in [5.74, 6) is 5.73. The fourth-order valence-electron chi connectivity index (χ4n) is 2.46. The van der Waals surface area contributed by atoms with E-state index in [1.165, 1.54) is 0 Å². The molecular formula is C13H21ClN6. The van der Waals surface area contributed by atoms with E-state index >= 15 is 0 Å². The Bertz CT molecular complexity index is 600. The Balaban J connectivity index is 2.33. The van der Waals surface area contributed by atoms with Crippen molar-refractivity contribution < 1.29 is 0 Å². The second kappa shape index (κ2) is 5.95. The van der Waals surface area contributed by atoms with Gasteiger partial charge >= 0.3 is 0 Å². The Morgan fingerprint density at radius 2 is 2.10 bits per heavy atom. The van der Waals surface area contributed by atoms with Crippen LogP contribution >= 0.6 is 11.6 Å². The minimum Gasteiger partial charge on any atom is -0.271 e. The van der Waals surface area contributed by atoms with Crippen LogP contribution in [0.3, 0.4) is 0 Å². The molecule has 110 valence electrons. The van der Waals surface area contributed by atoms with Crippen molar-refractivity contribution >= 4 is 11.6 Å². The summed E-state index contributed by atoms with van der Waals surface area (Å²) in [5.41, 5.74) is 6.85. The summed E-state index contributed by atoms with van der Waals surface area (Å²) in [6, 6.07) is 2.00. The van der Waals surface area contributed by atoms with Gasteiger partial charge in [-0.15, -0.1) is 0 Å². The van der Waals surface area contributed by atoms with Gasteiger partial charge in [0.1, 0.15) is 5.15 Å². The van der Waals surface area contributed by atoms with Crippen LogP contribution in [-0.2, 0) is 20.0 Å². The lowest BCUT2D eigenvalue weighted by Gasteiger charge is -2.17. The number of rotatable bonds is 5. The summed E-state index contributed by atoms with van der Waals surface area (Å²) in [4.78, 5) is 0. The quantitative estimate of drug-likeness (QED) is 0.650. The third kappa shape index (κ3) is 2.72. The number of halogens is 1. The number of aryl methyl sites for hydroxylation is 4. The highest BCUT2D eigenvalue weighted by Gasteiger charge is 2.21. The molecule has 3 N–H and O–H groups in total. The van der Waals surface area contributed by atoms with Gasteiger partial charge < -0.3 is 0 Å². The summed E-state index contributed by atoms with van der Waals surface area (Å²) in [5, 5.41) is 9.44. The zero-order chi connectivity index (χ0) is 14.9. The number of hydrogen-bond acceptors (Lipinski definition) is 4. The molecule has 0 radical (unpaired) electrons. The van der Waals surface area contributed by atoms with E-state index < -0.39 is 0 Å². The molecule has 2 heterocycles. The maximum Gasteiger partial charge on any atom is 0.130 e. The molecule has 7 heteroatoms. The zero-order valence-corrected chi connectivity index (χ0v) is 13.1. The van der Waals surface area contributed by atoms with Crippen molar-refractivity contribution in [2.45, 2.75) is 39.8 Å². The van der Waals surface area contributed by atoms with Gasteiger partial charge in [0.05, 0.1) is 23.1 Å². The average molecular weight is 297 g/mol. The van der Waals surface area contributed by atoms with Crippen LogP contribution in [0.25, 0.3) is 0 Å². The van der Waals surface area contributed by atoms with E-state index in [0.717, 1.165) is 29.2 Å². The maximum atomic E-state index is 6.29. The molecular weight excluding hydrogens is 276 g/mol. The zero-order valence-electron chi connectivity index (χ0n) is 12.3. The van der Waals surface area contributed by atoms with Crippen LogP contribution in [0.15, 0.2) is 6.07 Å². The molecule has 0 saturated heterocycles. The molecule has 0 bridgehead atoms. The monoisotopic (exact) mass is 296 g/mol. The van der Waals surface area contributed by atoms with Crippen molar-refractivity contribution in [2.75, 3.05) is 0 Å². The van der Waals surface area contributed by atoms with Gasteiger partial charge in [0.15, 0.2) is 0 Å². The van der Waals surface area contributed by atoms with E-state index in [0.29, 0.717) is 11.6 Å². The molecule has 20 heavy (non-hydrogen) atoms. The van der Waals surface area contributed by atoms with Crippen molar-refractivity contribution in [1.82, 2.24) is 25.0 Å². The fraction of sp³-hybridized carbons (Fsp3) is 0.538. The molecule has 0 aromatic carbocycles. The van der Waals surface area contributed by atoms with Gasteiger partial charge in [0.25, 0.3) is 0 Å². The molecule has 1 unspecified atom stereocenters. The number of hydrogen-bond donors (Lipinski definition) is 2. The van der Waals surface area contributed by atoms with Crippen molar-refractivity contribution in [1.29, 1.82) is 0 Å². The number of aromatic nitrogens is 4. The first-order valence-corrected chi connectivity index (χ1v) is 7.04. The average Bonchev–Trinajstić information content (AvgIpc) is 2.89. The van der Waals surface area contributed by atoms with Gasteiger partial charge in [-0.3, -0.25) is 20.6 Å². The van der Waals surface area contributed by atoms with Crippen molar-refractivity contribution in [2.24, 2.45) is 12.9 Å². The highest BCUT2D eigenvalue weighted by molar-refractivity contribution is 6.30. The Labute approximate surface area is 123 Å². The van der Waals surface area contributed by atoms with Crippen LogP contribution < -0.4 is 11.3 Å². The first kappa shape index (κ1) is 15.0. The van der Waals surface area contributed by atoms with Crippen LogP contribution in [0, 0.1) is 13.8 Å². The Kier molecular flexibility index (Phi) is 4.47. The van der Waals surface area contributed by atoms with E-state index in [2.05, 4.69) is 22.5 Å². The lowest BCUT2D eigenvalue weighted by Crippen LogP contribution is -2.31. The Morgan fingerprint density at radius 1 is 1.40 bits per heavy atom. The summed E-state index contributed by atoms with van der Waals surface area (Å²) in [7, 11) is 1.84. The topological polar surface area (TPSA) is 73.7 Å². The lowest BCUT2D eigenvalue weighted by molar-refractivity contribution is 0.489. The Morgan fingerprint density at radius 3 is 2.60 bits per heavy atom. The molecule has 2 rings (SSSR count). The fourth-order valence-corrected chi connectivity index (χ4v) is 2.71. The molecule has 1 atom stereocenters. The van der Waals surface area contributed by atoms with E-state index in [9.17, 15) is 0 Å². The second-order valence-corrected chi connectivity index (χ2v) is 5.29. The van der Waals surface area contributed by atoms with E-state index in [1.54, 1.807) is 4.68 Å². The molecule has 0 saturated carbocycles. The van der Waals surface area contributed by atoms with Gasteiger partial charge in [-0.25, -0.2) is 0 Å². The molecule has 0 aliphatic carbocycles. The predicted molar refractivity (Wildman–Crippen MR) is 79.4 cm³/mol. The molecule has 0 aliphatic rings. The first-order chi connectivity index (χ1) is 9.47. The highest BCUT2D eigenvalue weighted by Crippen LogP contribution is 2.25. The van der Waals surface area contributed by atoms with Gasteiger partial charge in [-0.1, -0.05) is 11.6 Å². The van der Waals surface area contributed by atoms with Crippen LogP contribution in [0.4, 0.5) is 0 Å². The lowest BCUT2D eigenvalue weighted by atomic mass is 10.0. The standard InChI is InChI=1S/C13H21ClN6/c1-5-20-12(6-8(2)17-20)11(16-15)7-10-9(3)18-19(4)13(10)14/h6,11,16H,5,7,15H2,1-4H3. The number of nitrogens with zero attached hydrogens (tertiary/aromatic N) is 4. The second-order valence-electron chi connectivity index (χ2n) is 4.93. The smallest absolute Gasteiger partial charge is 0.130 e. The van der Waals surface area contributed by atoms with Crippen molar-refractivity contribution in [3.05, 3.63) is 33.9 Å². The first-order valence-electron chi connectivity index (χ1n) is 6.66. The minimum absolute atomic E-state index is 0.0449. The van der Waals surface area contributed by atoms with Gasteiger partial charge in [-0.05, 0) is 33.3 Å². The summed E-state index contributed by atoms with van der Waals surface area (Å²) < 4.78 is 3.64. The van der Waals surface area contributed by atoms with E-state index in [4.69, 9.17) is 17.4 Å². The number of nitrogens with one attached hydrogen (secondary N) is 1. The molecule has 0 spiro atoms. The molecule has 6 nitrogen and oxygen atoms in total. The third-order valence-corrected chi connectivity index (χ3v) is 3.94. The molecule has 0 fully saturated rings. The van der Waals surface area contributed by atoms with Crippen molar-refractivity contribution in [3.63, 3.8) is 0 Å². The van der Waals surface area contributed by atoms with E-state index in [1.807, 2.05) is 31.6 Å². The molecule has 0 aliphatic heterocycles. The highest BCUT2D eigenvalue weighted by atomic mass is 35.5. The normalized spacial score (nSPS) is 12.9. The Hall–Kier alpha value is -1.37. The number of nitrogens with two attached hydrogens (primary N) is 1. The third-order valence-electron chi connectivity index (χ3n) is 3.47. The van der Waals surface area contributed by atoms with Gasteiger partial charge in [0, 0.05) is 19.2 Å². The summed E-state index contributed by atoms with van der Waals surface area (Å²) in [6.45, 7) is 6.80. The molecule has 2 aromatic heterocycles. The predicted octanol–water partition coefficient (Wildman–Crippen LogP) is 1.65. The maximum absolute atomic E-state index is 6.29. The van der Waals surface area contributed by atoms with Crippen LogP contribution in [0.5, 0.6) is 0 Å². The van der Waals surface area contributed by atoms with Crippen LogP contribution in [-0.4, -0.2) is 19.6 Å².